The van der Waals surface area contributed by atoms with E-state index in [1.54, 1.807) is 6.92 Å². The van der Waals surface area contributed by atoms with Gasteiger partial charge in [-0.3, -0.25) is 14.6 Å². The quantitative estimate of drug-likeness (QED) is 0.795. The fraction of sp³-hybridized carbons (Fsp3) is 0.462. The number of halogens is 3. The lowest BCUT2D eigenvalue weighted by Crippen LogP contribution is -2.43. The van der Waals surface area contributed by atoms with E-state index >= 15 is 0 Å². The number of hydrogen-bond donors (Lipinski definition) is 0. The highest BCUT2D eigenvalue weighted by Gasteiger charge is 2.32. The topological polar surface area (TPSA) is 50.3 Å². The van der Waals surface area contributed by atoms with Crippen molar-refractivity contribution in [3.8, 4) is 0 Å². The summed E-state index contributed by atoms with van der Waals surface area (Å²) >= 11 is 0. The Bertz CT molecular complexity index is 525. The molecule has 2 rings (SSSR count). The smallest absolute Gasteiger partial charge is 0.336 e. The van der Waals surface area contributed by atoms with Gasteiger partial charge in [-0.05, 0) is 12.1 Å². The zero-order valence-corrected chi connectivity index (χ0v) is 10.8. The lowest BCUT2D eigenvalue weighted by molar-refractivity contribution is -0.137. The van der Waals surface area contributed by atoms with Gasteiger partial charge in [0.15, 0.2) is 0 Å². The summed E-state index contributed by atoms with van der Waals surface area (Å²) in [6.07, 6.45) is -3.56. The van der Waals surface area contributed by atoms with Crippen molar-refractivity contribution >= 4 is 11.7 Å². The number of ketones is 1. The van der Waals surface area contributed by atoms with Crippen LogP contribution in [0.4, 0.5) is 13.2 Å². The molecule has 7 heteroatoms. The molecule has 108 valence electrons. The van der Waals surface area contributed by atoms with Crippen molar-refractivity contribution in [1.29, 1.82) is 0 Å². The number of rotatable bonds is 1. The molecule has 0 aromatic carbocycles. The number of likely N-dealkylation sites (tertiary alicyclic amines) is 1. The van der Waals surface area contributed by atoms with Gasteiger partial charge in [0.05, 0.1) is 5.56 Å². The monoisotopic (exact) mass is 286 g/mol. The second-order valence-electron chi connectivity index (χ2n) is 4.80. The third-order valence-corrected chi connectivity index (χ3v) is 3.27. The van der Waals surface area contributed by atoms with Crippen molar-refractivity contribution in [2.24, 2.45) is 5.92 Å². The van der Waals surface area contributed by atoms with Crippen LogP contribution in [0.15, 0.2) is 18.3 Å². The molecular formula is C13H13F3N2O2. The summed E-state index contributed by atoms with van der Waals surface area (Å²) in [4.78, 5) is 28.5. The van der Waals surface area contributed by atoms with Crippen LogP contribution in [0, 0.1) is 5.92 Å². The van der Waals surface area contributed by atoms with Crippen LogP contribution < -0.4 is 0 Å². The number of alkyl halides is 3. The summed E-state index contributed by atoms with van der Waals surface area (Å²) in [5.41, 5.74) is -0.934. The van der Waals surface area contributed by atoms with E-state index in [0.29, 0.717) is 6.20 Å². The number of amides is 1. The van der Waals surface area contributed by atoms with Crippen LogP contribution in [-0.4, -0.2) is 34.7 Å². The molecule has 0 N–H and O–H groups in total. The van der Waals surface area contributed by atoms with E-state index < -0.39 is 17.6 Å². The van der Waals surface area contributed by atoms with Gasteiger partial charge in [-0.15, -0.1) is 0 Å². The molecule has 0 saturated carbocycles. The molecule has 2 heterocycles. The predicted molar refractivity (Wildman–Crippen MR) is 63.9 cm³/mol. The standard InChI is InChI=1S/C13H13F3N2O2/c1-8-7-18(5-4-11(8)19)12(20)10-3-2-9(6-17-10)13(14,15)16/h2-3,6,8H,4-5,7H2,1H3. The number of Topliss-reactive ketones (excluding diaryl/α,β-unsaturated/α-hetero) is 1. The average molecular weight is 286 g/mol. The zero-order chi connectivity index (χ0) is 14.9. The first-order valence-corrected chi connectivity index (χ1v) is 6.14. The molecule has 4 nitrogen and oxygen atoms in total. The SMILES string of the molecule is CC1CN(C(=O)c2ccc(C(F)(F)F)cn2)CCC1=O. The maximum Gasteiger partial charge on any atom is 0.417 e. The lowest BCUT2D eigenvalue weighted by Gasteiger charge is -2.29. The van der Waals surface area contributed by atoms with Gasteiger partial charge < -0.3 is 4.90 Å². The number of aromatic nitrogens is 1. The summed E-state index contributed by atoms with van der Waals surface area (Å²) < 4.78 is 37.2. The van der Waals surface area contributed by atoms with Gasteiger partial charge in [-0.25, -0.2) is 0 Å². The molecular weight excluding hydrogens is 273 g/mol. The summed E-state index contributed by atoms with van der Waals surface area (Å²) in [7, 11) is 0. The molecule has 1 amide bonds. The first-order valence-electron chi connectivity index (χ1n) is 6.14. The van der Waals surface area contributed by atoms with E-state index in [1.807, 2.05) is 0 Å². The molecule has 0 radical (unpaired) electrons. The van der Waals surface area contributed by atoms with Gasteiger partial charge in [0.1, 0.15) is 11.5 Å². The molecule has 1 unspecified atom stereocenters. The van der Waals surface area contributed by atoms with Gasteiger partial charge in [0.25, 0.3) is 5.91 Å². The summed E-state index contributed by atoms with van der Waals surface area (Å²) in [6.45, 7) is 2.28. The van der Waals surface area contributed by atoms with Gasteiger partial charge in [0, 0.05) is 31.6 Å². The Hall–Kier alpha value is -1.92. The number of carbonyl (C=O) groups excluding carboxylic acids is 2. The van der Waals surface area contributed by atoms with Crippen molar-refractivity contribution < 1.29 is 22.8 Å². The highest BCUT2D eigenvalue weighted by Crippen LogP contribution is 2.28. The largest absolute Gasteiger partial charge is 0.417 e. The lowest BCUT2D eigenvalue weighted by atomic mass is 9.98. The maximum atomic E-state index is 12.4. The minimum absolute atomic E-state index is 0.0421. The van der Waals surface area contributed by atoms with Gasteiger partial charge in [-0.2, -0.15) is 13.2 Å². The van der Waals surface area contributed by atoms with Crippen LogP contribution in [0.2, 0.25) is 0 Å². The molecule has 0 spiro atoms. The van der Waals surface area contributed by atoms with Crippen molar-refractivity contribution in [1.82, 2.24) is 9.88 Å². The number of nitrogens with zero attached hydrogens (tertiary/aromatic N) is 2. The van der Waals surface area contributed by atoms with Crippen LogP contribution in [0.5, 0.6) is 0 Å². The van der Waals surface area contributed by atoms with E-state index in [1.165, 1.54) is 4.90 Å². The number of piperidine rings is 1. The van der Waals surface area contributed by atoms with Crippen LogP contribution in [0.3, 0.4) is 0 Å². The van der Waals surface area contributed by atoms with Crippen LogP contribution >= 0.6 is 0 Å². The molecule has 0 bridgehead atoms. The van der Waals surface area contributed by atoms with E-state index in [0.717, 1.165) is 12.1 Å². The molecule has 20 heavy (non-hydrogen) atoms. The fourth-order valence-corrected chi connectivity index (χ4v) is 2.05. The third kappa shape index (κ3) is 2.97. The average Bonchev–Trinajstić information content (AvgIpc) is 2.40. The second-order valence-corrected chi connectivity index (χ2v) is 4.80. The Balaban J connectivity index is 2.12. The Labute approximate surface area is 113 Å². The maximum absolute atomic E-state index is 12.4. The van der Waals surface area contributed by atoms with Crippen molar-refractivity contribution in [3.05, 3.63) is 29.6 Å². The summed E-state index contributed by atoms with van der Waals surface area (Å²) in [6, 6.07) is 1.89. The van der Waals surface area contributed by atoms with E-state index in [9.17, 15) is 22.8 Å². The molecule has 1 saturated heterocycles. The van der Waals surface area contributed by atoms with Crippen molar-refractivity contribution in [3.63, 3.8) is 0 Å². The minimum Gasteiger partial charge on any atom is -0.336 e. The highest BCUT2D eigenvalue weighted by molar-refractivity contribution is 5.94. The van der Waals surface area contributed by atoms with Crippen LogP contribution in [0.1, 0.15) is 29.4 Å². The molecule has 1 aromatic heterocycles. The predicted octanol–water partition coefficient (Wildman–Crippen LogP) is 2.15. The molecule has 1 aliphatic heterocycles. The number of pyridine rings is 1. The molecule has 1 aliphatic rings. The van der Waals surface area contributed by atoms with Gasteiger partial charge in [-0.1, -0.05) is 6.92 Å². The normalized spacial score (nSPS) is 20.1. The van der Waals surface area contributed by atoms with E-state index in [2.05, 4.69) is 4.98 Å². The first kappa shape index (κ1) is 14.5. The van der Waals surface area contributed by atoms with Crippen LogP contribution in [0.25, 0.3) is 0 Å². The first-order chi connectivity index (χ1) is 9.29. The highest BCUT2D eigenvalue weighted by atomic mass is 19.4. The van der Waals surface area contributed by atoms with Crippen molar-refractivity contribution in [2.75, 3.05) is 13.1 Å². The molecule has 1 aromatic rings. The Morgan fingerprint density at radius 3 is 2.60 bits per heavy atom. The summed E-state index contributed by atoms with van der Waals surface area (Å²) in [5, 5.41) is 0. The zero-order valence-electron chi connectivity index (χ0n) is 10.8. The summed E-state index contributed by atoms with van der Waals surface area (Å²) in [5.74, 6) is -0.602. The Morgan fingerprint density at radius 2 is 2.10 bits per heavy atom. The minimum atomic E-state index is -4.47. The van der Waals surface area contributed by atoms with Gasteiger partial charge in [0.2, 0.25) is 0 Å². The molecule has 1 atom stereocenters. The van der Waals surface area contributed by atoms with E-state index in [-0.39, 0.29) is 36.9 Å². The number of hydrogen-bond acceptors (Lipinski definition) is 3. The van der Waals surface area contributed by atoms with E-state index in [4.69, 9.17) is 0 Å². The van der Waals surface area contributed by atoms with Crippen molar-refractivity contribution in [2.45, 2.75) is 19.5 Å². The number of carbonyl (C=O) groups is 2. The fourth-order valence-electron chi connectivity index (χ4n) is 2.05. The third-order valence-electron chi connectivity index (χ3n) is 3.27. The van der Waals surface area contributed by atoms with Gasteiger partial charge >= 0.3 is 6.18 Å². The van der Waals surface area contributed by atoms with Crippen LogP contribution in [-0.2, 0) is 11.0 Å². The Kier molecular flexibility index (Phi) is 3.78. The molecule has 1 fully saturated rings. The Morgan fingerprint density at radius 1 is 1.40 bits per heavy atom. The molecule has 0 aliphatic carbocycles. The second kappa shape index (κ2) is 5.22.